The van der Waals surface area contributed by atoms with Crippen molar-refractivity contribution in [3.8, 4) is 0 Å². The highest BCUT2D eigenvalue weighted by Crippen LogP contribution is 2.19. The maximum absolute atomic E-state index is 14.0. The molecule has 10 atom stereocenters. The molecule has 1 heterocycles. The zero-order valence-corrected chi connectivity index (χ0v) is 49.1. The van der Waals surface area contributed by atoms with Gasteiger partial charge in [-0.05, 0) is 75.5 Å². The molecule has 3 aromatic rings. The van der Waals surface area contributed by atoms with Gasteiger partial charge in [-0.1, -0.05) is 119 Å². The highest BCUT2D eigenvalue weighted by atomic mass is 16.4. The standard InChI is InChI=1S/C59H82N12O14/c1-32(2)46(68-53(80)42(30-45(74)75)66-56(83)48(35(6)72)69-58(85)59(7,8)70-57(84)47(33(3)4)67-51(78)39(60)27-36-19-12-9-13-20-36)55(82)62-31-44(73)71-26-18-25-43(71)54(81)65-41(29-38-23-16-11-17-24-38)52(79)63-34(5)50(77)64-40(49(61)76)28-37-21-14-10-15-22-37/h9-17,19-24,32-35,39-43,46-48,72H,18,25-31,60H2,1-8H3,(H2,61,76)(H,62,82)(H,63,79)(H,64,77)(H,65,81)(H,66,83)(H,67,78)(H,68,80)(H,69,85)(H,70,84)(H,74,75)/t34-,35+,39-,40-,41-,42-,43-,46-,47-,48-/m0/s1. The van der Waals surface area contributed by atoms with Crippen LogP contribution in [0.3, 0.4) is 0 Å². The van der Waals surface area contributed by atoms with Crippen LogP contribution in [0.15, 0.2) is 91.0 Å². The minimum absolute atomic E-state index is 0.0197. The Balaban J connectivity index is 1.38. The molecule has 0 saturated carbocycles. The molecule has 1 saturated heterocycles. The van der Waals surface area contributed by atoms with Crippen molar-refractivity contribution in [3.63, 3.8) is 0 Å². The summed E-state index contributed by atoms with van der Waals surface area (Å²) in [6.45, 7) is 10.9. The van der Waals surface area contributed by atoms with Gasteiger partial charge in [0, 0.05) is 19.4 Å². The number of nitrogens with zero attached hydrogens (tertiary/aromatic N) is 1. The molecule has 1 aliphatic rings. The lowest BCUT2D eigenvalue weighted by molar-refractivity contribution is -0.142. The predicted octanol–water partition coefficient (Wildman–Crippen LogP) is -1.89. The van der Waals surface area contributed by atoms with Crippen LogP contribution in [0.25, 0.3) is 0 Å². The van der Waals surface area contributed by atoms with Gasteiger partial charge in [0.2, 0.25) is 65.0 Å². The summed E-state index contributed by atoms with van der Waals surface area (Å²) >= 11 is 0. The summed E-state index contributed by atoms with van der Waals surface area (Å²) in [5, 5.41) is 43.0. The lowest BCUT2D eigenvalue weighted by Gasteiger charge is -2.32. The van der Waals surface area contributed by atoms with Crippen molar-refractivity contribution < 1.29 is 67.7 Å². The van der Waals surface area contributed by atoms with E-state index in [9.17, 15) is 67.7 Å². The van der Waals surface area contributed by atoms with E-state index in [4.69, 9.17) is 11.5 Å². The number of carbonyl (C=O) groups is 12. The number of primary amides is 1. The first kappa shape index (κ1) is 68.7. The number of likely N-dealkylation sites (tertiary alicyclic amines) is 1. The molecule has 0 radical (unpaired) electrons. The number of carbonyl (C=O) groups excluding carboxylic acids is 11. The van der Waals surface area contributed by atoms with Crippen LogP contribution in [0.1, 0.15) is 91.3 Å². The number of carboxylic acid groups (broad SMARTS) is 1. The summed E-state index contributed by atoms with van der Waals surface area (Å²) in [6.07, 6.45) is -1.88. The third kappa shape index (κ3) is 21.4. The number of aliphatic carboxylic acids is 1. The molecule has 0 spiro atoms. The molecule has 11 amide bonds. The van der Waals surface area contributed by atoms with Gasteiger partial charge in [0.15, 0.2) is 0 Å². The number of hydrogen-bond acceptors (Lipinski definition) is 14. The van der Waals surface area contributed by atoms with Crippen molar-refractivity contribution in [1.82, 2.24) is 52.8 Å². The van der Waals surface area contributed by atoms with Gasteiger partial charge in [-0.25, -0.2) is 0 Å². The molecule has 0 aliphatic carbocycles. The van der Waals surface area contributed by atoms with E-state index in [1.165, 1.54) is 39.5 Å². The summed E-state index contributed by atoms with van der Waals surface area (Å²) in [7, 11) is 0. The molecular weight excluding hydrogens is 1100 g/mol. The number of amides is 11. The average molecular weight is 1180 g/mol. The molecule has 0 unspecified atom stereocenters. The van der Waals surface area contributed by atoms with Crippen LogP contribution in [0.2, 0.25) is 0 Å². The van der Waals surface area contributed by atoms with Crippen molar-refractivity contribution in [2.75, 3.05) is 13.1 Å². The minimum atomic E-state index is -1.90. The third-order valence-corrected chi connectivity index (χ3v) is 14.1. The van der Waals surface area contributed by atoms with Gasteiger partial charge in [-0.3, -0.25) is 57.5 Å². The normalized spacial score (nSPS) is 16.3. The summed E-state index contributed by atoms with van der Waals surface area (Å²) in [6, 6.07) is 14.6. The van der Waals surface area contributed by atoms with Gasteiger partial charge in [0.25, 0.3) is 0 Å². The fourth-order valence-electron chi connectivity index (χ4n) is 9.15. The highest BCUT2D eigenvalue weighted by Gasteiger charge is 2.41. The zero-order chi connectivity index (χ0) is 63.3. The van der Waals surface area contributed by atoms with Gasteiger partial charge in [0.05, 0.1) is 25.1 Å². The number of carboxylic acids is 1. The minimum Gasteiger partial charge on any atom is -0.481 e. The van der Waals surface area contributed by atoms with E-state index in [0.717, 1.165) is 18.1 Å². The van der Waals surface area contributed by atoms with Crippen molar-refractivity contribution in [2.45, 2.75) is 160 Å². The van der Waals surface area contributed by atoms with Crippen molar-refractivity contribution in [1.29, 1.82) is 0 Å². The largest absolute Gasteiger partial charge is 0.481 e. The predicted molar refractivity (Wildman–Crippen MR) is 310 cm³/mol. The summed E-state index contributed by atoms with van der Waals surface area (Å²) in [4.78, 5) is 162. The number of hydrogen-bond donors (Lipinski definition) is 13. The molecule has 0 aromatic heterocycles. The first-order valence-electron chi connectivity index (χ1n) is 28.1. The van der Waals surface area contributed by atoms with E-state index in [2.05, 4.69) is 47.9 Å². The Kier molecular flexibility index (Phi) is 26.1. The Morgan fingerprint density at radius 2 is 1.05 bits per heavy atom. The lowest BCUT2D eigenvalue weighted by Crippen LogP contribution is -2.65. The van der Waals surface area contributed by atoms with E-state index in [1.54, 1.807) is 98.8 Å². The molecular formula is C59H82N12O14. The van der Waals surface area contributed by atoms with Crippen LogP contribution in [0, 0.1) is 11.8 Å². The fourth-order valence-corrected chi connectivity index (χ4v) is 9.15. The van der Waals surface area contributed by atoms with Crippen molar-refractivity contribution in [3.05, 3.63) is 108 Å². The number of benzene rings is 3. The van der Waals surface area contributed by atoms with Crippen LogP contribution in [-0.2, 0) is 76.8 Å². The maximum atomic E-state index is 14.0. The zero-order valence-electron chi connectivity index (χ0n) is 49.1. The molecule has 462 valence electrons. The number of aliphatic hydroxyl groups excluding tert-OH is 1. The Labute approximate surface area is 493 Å². The molecule has 4 rings (SSSR count). The van der Waals surface area contributed by atoms with Gasteiger partial charge < -0.3 is 74.4 Å². The lowest BCUT2D eigenvalue weighted by atomic mass is 9.98. The van der Waals surface area contributed by atoms with Gasteiger partial charge in [0.1, 0.15) is 53.9 Å². The second-order valence-electron chi connectivity index (χ2n) is 22.3. The van der Waals surface area contributed by atoms with E-state index in [1.807, 2.05) is 6.07 Å². The molecule has 26 nitrogen and oxygen atoms in total. The Bertz CT molecular complexity index is 2840. The molecule has 85 heavy (non-hydrogen) atoms. The average Bonchev–Trinajstić information content (AvgIpc) is 4.13. The number of nitrogens with two attached hydrogens (primary N) is 2. The van der Waals surface area contributed by atoms with Crippen LogP contribution in [0.4, 0.5) is 0 Å². The van der Waals surface area contributed by atoms with Crippen LogP contribution in [0.5, 0.6) is 0 Å². The third-order valence-electron chi connectivity index (χ3n) is 14.1. The monoisotopic (exact) mass is 1180 g/mol. The van der Waals surface area contributed by atoms with Gasteiger partial charge >= 0.3 is 5.97 Å². The van der Waals surface area contributed by atoms with Gasteiger partial charge in [-0.15, -0.1) is 0 Å². The highest BCUT2D eigenvalue weighted by molar-refractivity contribution is 6.00. The smallest absolute Gasteiger partial charge is 0.305 e. The summed E-state index contributed by atoms with van der Waals surface area (Å²) in [5.74, 6) is -12.1. The second kappa shape index (κ2) is 32.3. The van der Waals surface area contributed by atoms with Gasteiger partial charge in [-0.2, -0.15) is 0 Å². The summed E-state index contributed by atoms with van der Waals surface area (Å²) in [5.41, 5.74) is 12.1. The van der Waals surface area contributed by atoms with Crippen LogP contribution >= 0.6 is 0 Å². The molecule has 15 N–H and O–H groups in total. The fraction of sp³-hybridized carbons (Fsp3) is 0.492. The molecule has 1 aliphatic heterocycles. The van der Waals surface area contributed by atoms with E-state index in [-0.39, 0.29) is 32.2 Å². The molecule has 3 aromatic carbocycles. The van der Waals surface area contributed by atoms with E-state index < -0.39 is 162 Å². The second-order valence-corrected chi connectivity index (χ2v) is 22.3. The SMILES string of the molecule is CC(C)[C@H](NC(=O)[C@H](CC(=O)O)NC(=O)[C@@H](NC(=O)C(C)(C)NC(=O)[C@@H](NC(=O)[C@@H](N)Cc1ccccc1)C(C)C)[C@@H](C)O)C(=O)NCC(=O)N1CCC[C@H]1C(=O)N[C@@H](Cc1ccccc1)C(=O)N[C@@H](C)C(=O)N[C@@H](Cc1ccccc1)C(N)=O. The van der Waals surface area contributed by atoms with Crippen LogP contribution < -0.4 is 59.3 Å². The Morgan fingerprint density at radius 1 is 0.565 bits per heavy atom. The van der Waals surface area contributed by atoms with E-state index >= 15 is 0 Å². The molecule has 26 heteroatoms. The quantitative estimate of drug-likeness (QED) is 0.0335. The van der Waals surface area contributed by atoms with Crippen molar-refractivity contribution >= 4 is 70.9 Å². The number of rotatable bonds is 31. The van der Waals surface area contributed by atoms with Crippen molar-refractivity contribution in [2.24, 2.45) is 23.3 Å². The molecule has 1 fully saturated rings. The first-order valence-corrected chi connectivity index (χ1v) is 28.1. The van der Waals surface area contributed by atoms with E-state index in [0.29, 0.717) is 12.0 Å². The summed E-state index contributed by atoms with van der Waals surface area (Å²) < 4.78 is 0. The molecule has 0 bridgehead atoms. The maximum Gasteiger partial charge on any atom is 0.305 e. The number of nitrogens with one attached hydrogen (secondary N) is 9. The Morgan fingerprint density at radius 3 is 1.55 bits per heavy atom. The first-order chi connectivity index (χ1) is 40.0. The topological polar surface area (TPSA) is 409 Å². The number of aliphatic hydroxyl groups is 1. The van der Waals surface area contributed by atoms with Crippen LogP contribution in [-0.4, -0.2) is 165 Å². The Hall–Kier alpha value is -8.78.